The van der Waals surface area contributed by atoms with Gasteiger partial charge in [0.15, 0.2) is 0 Å². The molecule has 0 bridgehead atoms. The molecule has 1 aromatic heterocycles. The summed E-state index contributed by atoms with van der Waals surface area (Å²) in [6.45, 7) is 0. The van der Waals surface area contributed by atoms with Crippen LogP contribution in [0.25, 0.3) is 10.9 Å². The second kappa shape index (κ2) is 4.96. The predicted molar refractivity (Wildman–Crippen MR) is 86.1 cm³/mol. The first-order chi connectivity index (χ1) is 10.7. The molecule has 0 unspecified atom stereocenters. The SMILES string of the molecule is Oc1cc(F)cc2c1N=C(Nc1ccc3cc[nH]c3c1)NS2. The highest BCUT2D eigenvalue weighted by atomic mass is 32.2. The first kappa shape index (κ1) is 13.0. The Balaban J connectivity index is 1.67. The Kier molecular flexibility index (Phi) is 2.93. The van der Waals surface area contributed by atoms with Gasteiger partial charge in [0.25, 0.3) is 0 Å². The third-order valence-electron chi connectivity index (χ3n) is 3.32. The minimum absolute atomic E-state index is 0.178. The van der Waals surface area contributed by atoms with Crippen molar-refractivity contribution in [1.29, 1.82) is 0 Å². The number of phenols is 1. The maximum Gasteiger partial charge on any atom is 0.211 e. The summed E-state index contributed by atoms with van der Waals surface area (Å²) in [6, 6.07) is 10.3. The maximum absolute atomic E-state index is 13.2. The molecule has 2 heterocycles. The minimum atomic E-state index is -0.491. The molecule has 22 heavy (non-hydrogen) atoms. The van der Waals surface area contributed by atoms with Gasteiger partial charge in [0.05, 0.1) is 4.90 Å². The second-order valence-corrected chi connectivity index (χ2v) is 5.69. The lowest BCUT2D eigenvalue weighted by atomic mass is 10.2. The van der Waals surface area contributed by atoms with Crippen LogP contribution in [0.5, 0.6) is 5.75 Å². The Morgan fingerprint density at radius 1 is 1.18 bits per heavy atom. The summed E-state index contributed by atoms with van der Waals surface area (Å²) in [5.41, 5.74) is 2.22. The van der Waals surface area contributed by atoms with Gasteiger partial charge in [-0.3, -0.25) is 4.72 Å². The van der Waals surface area contributed by atoms with E-state index < -0.39 is 5.82 Å². The van der Waals surface area contributed by atoms with Crippen molar-refractivity contribution in [3.05, 3.63) is 48.4 Å². The zero-order valence-corrected chi connectivity index (χ0v) is 12.0. The molecule has 3 aromatic rings. The van der Waals surface area contributed by atoms with Gasteiger partial charge in [0, 0.05) is 23.5 Å². The molecule has 0 spiro atoms. The number of H-pyrrole nitrogens is 1. The number of hydrogen-bond donors (Lipinski definition) is 4. The number of guanidine groups is 1. The van der Waals surface area contributed by atoms with Gasteiger partial charge in [-0.15, -0.1) is 0 Å². The number of halogens is 1. The molecular weight excluding hydrogens is 303 g/mol. The summed E-state index contributed by atoms with van der Waals surface area (Å²) < 4.78 is 16.2. The van der Waals surface area contributed by atoms with Crippen molar-refractivity contribution in [1.82, 2.24) is 9.71 Å². The van der Waals surface area contributed by atoms with Crippen molar-refractivity contribution < 1.29 is 9.50 Å². The van der Waals surface area contributed by atoms with Crippen LogP contribution < -0.4 is 10.0 Å². The number of anilines is 1. The van der Waals surface area contributed by atoms with E-state index in [1.807, 2.05) is 30.5 Å². The molecule has 5 nitrogen and oxygen atoms in total. The first-order valence-corrected chi connectivity index (χ1v) is 7.39. The van der Waals surface area contributed by atoms with E-state index in [1.165, 1.54) is 18.0 Å². The normalized spacial score (nSPS) is 13.4. The van der Waals surface area contributed by atoms with Crippen molar-refractivity contribution in [2.45, 2.75) is 4.90 Å². The lowest BCUT2D eigenvalue weighted by Gasteiger charge is -2.18. The number of nitrogens with zero attached hydrogens (tertiary/aromatic N) is 1. The van der Waals surface area contributed by atoms with Crippen molar-refractivity contribution in [2.75, 3.05) is 5.32 Å². The Morgan fingerprint density at radius 3 is 3.00 bits per heavy atom. The number of aliphatic imine (C=N–C) groups is 1. The molecule has 2 aromatic carbocycles. The first-order valence-electron chi connectivity index (χ1n) is 6.57. The van der Waals surface area contributed by atoms with Gasteiger partial charge in [-0.1, -0.05) is 6.07 Å². The van der Waals surface area contributed by atoms with Gasteiger partial charge < -0.3 is 15.4 Å². The van der Waals surface area contributed by atoms with Crippen molar-refractivity contribution >= 4 is 40.2 Å². The van der Waals surface area contributed by atoms with Gasteiger partial charge in [0.2, 0.25) is 5.96 Å². The fourth-order valence-electron chi connectivity index (χ4n) is 2.30. The van der Waals surface area contributed by atoms with E-state index in [9.17, 15) is 9.50 Å². The number of aromatic hydroxyl groups is 1. The second-order valence-electron chi connectivity index (χ2n) is 4.84. The Labute approximate surface area is 129 Å². The number of nitrogens with one attached hydrogen (secondary N) is 3. The van der Waals surface area contributed by atoms with E-state index in [0.717, 1.165) is 22.7 Å². The van der Waals surface area contributed by atoms with Gasteiger partial charge >= 0.3 is 0 Å². The van der Waals surface area contributed by atoms with Crippen LogP contribution in [0.1, 0.15) is 0 Å². The van der Waals surface area contributed by atoms with Gasteiger partial charge in [-0.05, 0) is 41.6 Å². The monoisotopic (exact) mass is 314 g/mol. The standard InChI is InChI=1S/C15H11FN4OS/c16-9-5-12(21)14-13(6-9)22-20-15(19-14)18-10-2-1-8-3-4-17-11(8)7-10/h1-7,17,21H,(H2,18,19,20). The molecule has 0 atom stereocenters. The van der Waals surface area contributed by atoms with Crippen LogP contribution in [0.3, 0.4) is 0 Å². The fraction of sp³-hybridized carbons (Fsp3) is 0. The number of aromatic amines is 1. The molecule has 1 aliphatic heterocycles. The summed E-state index contributed by atoms with van der Waals surface area (Å²) in [7, 11) is 0. The smallest absolute Gasteiger partial charge is 0.211 e. The maximum atomic E-state index is 13.2. The molecular formula is C15H11FN4OS. The van der Waals surface area contributed by atoms with Gasteiger partial charge in [-0.25, -0.2) is 9.38 Å². The highest BCUT2D eigenvalue weighted by Crippen LogP contribution is 2.39. The van der Waals surface area contributed by atoms with E-state index in [0.29, 0.717) is 16.5 Å². The molecule has 0 radical (unpaired) electrons. The largest absolute Gasteiger partial charge is 0.506 e. The van der Waals surface area contributed by atoms with Crippen molar-refractivity contribution in [3.8, 4) is 5.75 Å². The number of aromatic nitrogens is 1. The van der Waals surface area contributed by atoms with Crippen molar-refractivity contribution in [3.63, 3.8) is 0 Å². The lowest BCUT2D eigenvalue weighted by molar-refractivity contribution is 0.468. The quantitative estimate of drug-likeness (QED) is 0.517. The molecule has 0 amide bonds. The van der Waals surface area contributed by atoms with Gasteiger partial charge in [-0.2, -0.15) is 0 Å². The van der Waals surface area contributed by atoms with Crippen LogP contribution >= 0.6 is 11.9 Å². The van der Waals surface area contributed by atoms with Crippen LogP contribution in [-0.4, -0.2) is 16.1 Å². The number of fused-ring (bicyclic) bond motifs is 2. The van der Waals surface area contributed by atoms with E-state index >= 15 is 0 Å². The molecule has 0 saturated carbocycles. The Morgan fingerprint density at radius 2 is 2.09 bits per heavy atom. The lowest BCUT2D eigenvalue weighted by Crippen LogP contribution is -2.26. The van der Waals surface area contributed by atoms with Crippen LogP contribution in [0.4, 0.5) is 15.8 Å². The molecule has 7 heteroatoms. The van der Waals surface area contributed by atoms with Crippen LogP contribution in [0.2, 0.25) is 0 Å². The predicted octanol–water partition coefficient (Wildman–Crippen LogP) is 3.72. The molecule has 110 valence electrons. The molecule has 0 saturated heterocycles. The Hall–Kier alpha value is -2.67. The summed E-state index contributed by atoms with van der Waals surface area (Å²) in [6.07, 6.45) is 1.88. The van der Waals surface area contributed by atoms with E-state index in [2.05, 4.69) is 20.0 Å². The van der Waals surface area contributed by atoms with E-state index in [1.54, 1.807) is 0 Å². The van der Waals surface area contributed by atoms with Crippen LogP contribution in [-0.2, 0) is 0 Å². The topological polar surface area (TPSA) is 72.4 Å². The molecule has 0 fully saturated rings. The average molecular weight is 314 g/mol. The summed E-state index contributed by atoms with van der Waals surface area (Å²) >= 11 is 1.20. The Bertz CT molecular complexity index is 906. The summed E-state index contributed by atoms with van der Waals surface area (Å²) in [4.78, 5) is 7.98. The fourth-order valence-corrected chi connectivity index (χ4v) is 3.03. The van der Waals surface area contributed by atoms with Crippen LogP contribution in [0, 0.1) is 5.82 Å². The third-order valence-corrected chi connectivity index (χ3v) is 4.15. The van der Waals surface area contributed by atoms with E-state index in [-0.39, 0.29) is 5.75 Å². The summed E-state index contributed by atoms with van der Waals surface area (Å²) in [5, 5.41) is 14.1. The third kappa shape index (κ3) is 2.25. The highest BCUT2D eigenvalue weighted by molar-refractivity contribution is 7.98. The number of rotatable bonds is 1. The molecule has 4 rings (SSSR count). The van der Waals surface area contributed by atoms with Gasteiger partial charge in [0.1, 0.15) is 17.3 Å². The number of hydrogen-bond acceptors (Lipinski definition) is 5. The van der Waals surface area contributed by atoms with Crippen molar-refractivity contribution in [2.24, 2.45) is 4.99 Å². The van der Waals surface area contributed by atoms with E-state index in [4.69, 9.17) is 0 Å². The molecule has 4 N–H and O–H groups in total. The summed E-state index contributed by atoms with van der Waals surface area (Å²) in [5.74, 6) is -0.192. The zero-order chi connectivity index (χ0) is 15.1. The average Bonchev–Trinajstić information content (AvgIpc) is 2.95. The van der Waals surface area contributed by atoms with Crippen LogP contribution in [0.15, 0.2) is 52.5 Å². The zero-order valence-electron chi connectivity index (χ0n) is 11.2. The minimum Gasteiger partial charge on any atom is -0.506 e. The number of phenolic OH excluding ortho intramolecular Hbond substituents is 1. The number of benzene rings is 2. The molecule has 1 aliphatic rings. The molecule has 0 aliphatic carbocycles. The highest BCUT2D eigenvalue weighted by Gasteiger charge is 2.17.